The summed E-state index contributed by atoms with van der Waals surface area (Å²) >= 11 is 1.75. The second-order valence-electron chi connectivity index (χ2n) is 5.10. The molecule has 20 heavy (non-hydrogen) atoms. The van der Waals surface area contributed by atoms with Gasteiger partial charge in [-0.25, -0.2) is 4.98 Å². The van der Waals surface area contributed by atoms with Gasteiger partial charge in [0.25, 0.3) is 0 Å². The van der Waals surface area contributed by atoms with Crippen LogP contribution in [-0.4, -0.2) is 9.38 Å². The van der Waals surface area contributed by atoms with Gasteiger partial charge in [-0.2, -0.15) is 0 Å². The number of nitrogens with zero attached hydrogens (tertiary/aromatic N) is 2. The number of hydrogen-bond acceptors (Lipinski definition) is 2. The number of aromatic nitrogens is 2. The summed E-state index contributed by atoms with van der Waals surface area (Å²) in [6.45, 7) is 4.35. The molecule has 0 aliphatic carbocycles. The first-order valence-electron chi connectivity index (χ1n) is 6.67. The zero-order chi connectivity index (χ0) is 13.7. The van der Waals surface area contributed by atoms with E-state index in [1.165, 1.54) is 26.9 Å². The maximum Gasteiger partial charge on any atom is 0.195 e. The Morgan fingerprint density at radius 3 is 2.60 bits per heavy atom. The molecule has 0 aliphatic heterocycles. The van der Waals surface area contributed by atoms with Gasteiger partial charge in [0.15, 0.2) is 4.96 Å². The van der Waals surface area contributed by atoms with E-state index in [9.17, 15) is 0 Å². The third-order valence-corrected chi connectivity index (χ3v) is 4.87. The third-order valence-electron chi connectivity index (χ3n) is 3.85. The number of benzene rings is 2. The molecule has 0 radical (unpaired) electrons. The normalized spacial score (nSPS) is 11.5. The molecule has 0 fully saturated rings. The monoisotopic (exact) mass is 278 g/mol. The van der Waals surface area contributed by atoms with Crippen molar-refractivity contribution in [2.75, 3.05) is 0 Å². The number of fused-ring (bicyclic) bond motifs is 3. The minimum absolute atomic E-state index is 1.04. The molecule has 0 amide bonds. The highest BCUT2D eigenvalue weighted by Gasteiger charge is 2.12. The van der Waals surface area contributed by atoms with Gasteiger partial charge in [-0.1, -0.05) is 47.7 Å². The molecule has 0 aliphatic rings. The van der Waals surface area contributed by atoms with Crippen LogP contribution in [0.4, 0.5) is 0 Å². The molecule has 2 aromatic heterocycles. The van der Waals surface area contributed by atoms with E-state index in [1.54, 1.807) is 11.3 Å². The van der Waals surface area contributed by atoms with Gasteiger partial charge in [0.2, 0.25) is 0 Å². The first kappa shape index (κ1) is 11.7. The van der Waals surface area contributed by atoms with Crippen LogP contribution in [0.2, 0.25) is 0 Å². The van der Waals surface area contributed by atoms with E-state index < -0.39 is 0 Å². The van der Waals surface area contributed by atoms with Crippen LogP contribution in [-0.2, 0) is 0 Å². The maximum absolute atomic E-state index is 4.77. The standard InChI is InChI=1S/C17H14N2S/c1-11-8-9-15-16(12(11)2)19-10-14(18-17(19)20-15)13-6-4-3-5-7-13/h3-10H,1-2H3. The summed E-state index contributed by atoms with van der Waals surface area (Å²) in [5.41, 5.74) is 6.17. The van der Waals surface area contributed by atoms with Crippen molar-refractivity contribution < 1.29 is 0 Å². The first-order chi connectivity index (χ1) is 9.74. The minimum Gasteiger partial charge on any atom is -0.289 e. The number of imidazole rings is 1. The van der Waals surface area contributed by atoms with Gasteiger partial charge < -0.3 is 0 Å². The SMILES string of the molecule is Cc1ccc2sc3nc(-c4ccccc4)cn3c2c1C. The van der Waals surface area contributed by atoms with E-state index in [2.05, 4.69) is 60.8 Å². The van der Waals surface area contributed by atoms with E-state index in [1.807, 2.05) is 6.07 Å². The maximum atomic E-state index is 4.77. The van der Waals surface area contributed by atoms with Crippen molar-refractivity contribution in [2.45, 2.75) is 13.8 Å². The van der Waals surface area contributed by atoms with E-state index in [4.69, 9.17) is 4.98 Å². The molecule has 2 heterocycles. The van der Waals surface area contributed by atoms with Crippen LogP contribution in [0, 0.1) is 13.8 Å². The zero-order valence-corrected chi connectivity index (χ0v) is 12.2. The molecule has 3 heteroatoms. The summed E-state index contributed by atoms with van der Waals surface area (Å²) in [6.07, 6.45) is 2.15. The number of rotatable bonds is 1. The van der Waals surface area contributed by atoms with Gasteiger partial charge >= 0.3 is 0 Å². The minimum atomic E-state index is 1.04. The first-order valence-corrected chi connectivity index (χ1v) is 7.49. The topological polar surface area (TPSA) is 17.3 Å². The summed E-state index contributed by atoms with van der Waals surface area (Å²) in [5.74, 6) is 0. The largest absolute Gasteiger partial charge is 0.289 e. The summed E-state index contributed by atoms with van der Waals surface area (Å²) < 4.78 is 3.53. The summed E-state index contributed by atoms with van der Waals surface area (Å²) in [6, 6.07) is 14.7. The Labute approximate surface area is 121 Å². The van der Waals surface area contributed by atoms with Crippen LogP contribution >= 0.6 is 11.3 Å². The van der Waals surface area contributed by atoms with Crippen molar-refractivity contribution in [3.63, 3.8) is 0 Å². The van der Waals surface area contributed by atoms with Gasteiger partial charge in [0, 0.05) is 11.8 Å². The second kappa shape index (κ2) is 4.18. The predicted octanol–water partition coefficient (Wildman–Crippen LogP) is 4.83. The van der Waals surface area contributed by atoms with Gasteiger partial charge in [0.05, 0.1) is 15.9 Å². The fourth-order valence-corrected chi connectivity index (χ4v) is 3.67. The van der Waals surface area contributed by atoms with E-state index >= 15 is 0 Å². The van der Waals surface area contributed by atoms with E-state index in [0.29, 0.717) is 0 Å². The lowest BCUT2D eigenvalue weighted by Crippen LogP contribution is -1.85. The fraction of sp³-hybridized carbons (Fsp3) is 0.118. The molecular formula is C17H14N2S. The molecule has 98 valence electrons. The van der Waals surface area contributed by atoms with Crippen LogP contribution < -0.4 is 0 Å². The zero-order valence-electron chi connectivity index (χ0n) is 11.4. The number of aryl methyl sites for hydroxylation is 2. The number of thiazole rings is 1. The van der Waals surface area contributed by atoms with Crippen molar-refractivity contribution in [2.24, 2.45) is 0 Å². The van der Waals surface area contributed by atoms with Crippen LogP contribution in [0.25, 0.3) is 26.4 Å². The molecule has 2 aromatic carbocycles. The molecule has 0 bridgehead atoms. The molecule has 2 nitrogen and oxygen atoms in total. The Hall–Kier alpha value is -2.13. The van der Waals surface area contributed by atoms with E-state index in [0.717, 1.165) is 10.7 Å². The van der Waals surface area contributed by atoms with Crippen LogP contribution in [0.3, 0.4) is 0 Å². The lowest BCUT2D eigenvalue weighted by molar-refractivity contribution is 1.25. The van der Waals surface area contributed by atoms with Crippen LogP contribution in [0.5, 0.6) is 0 Å². The van der Waals surface area contributed by atoms with Crippen molar-refractivity contribution in [3.05, 3.63) is 59.8 Å². The van der Waals surface area contributed by atoms with Gasteiger partial charge in [-0.3, -0.25) is 4.40 Å². The smallest absolute Gasteiger partial charge is 0.195 e. The lowest BCUT2D eigenvalue weighted by atomic mass is 10.1. The molecular weight excluding hydrogens is 264 g/mol. The highest BCUT2D eigenvalue weighted by molar-refractivity contribution is 7.23. The quantitative estimate of drug-likeness (QED) is 0.487. The molecule has 0 spiro atoms. The summed E-state index contributed by atoms with van der Waals surface area (Å²) in [4.78, 5) is 5.83. The number of hydrogen-bond donors (Lipinski definition) is 0. The molecule has 4 rings (SSSR count). The Balaban J connectivity index is 2.04. The highest BCUT2D eigenvalue weighted by Crippen LogP contribution is 2.32. The Kier molecular flexibility index (Phi) is 2.44. The summed E-state index contributed by atoms with van der Waals surface area (Å²) in [7, 11) is 0. The molecule has 0 atom stereocenters. The van der Waals surface area contributed by atoms with Gasteiger partial charge in [-0.15, -0.1) is 0 Å². The fourth-order valence-electron chi connectivity index (χ4n) is 2.60. The Morgan fingerprint density at radius 2 is 1.80 bits per heavy atom. The molecule has 0 unspecified atom stereocenters. The van der Waals surface area contributed by atoms with Crippen LogP contribution in [0.15, 0.2) is 48.7 Å². The third kappa shape index (κ3) is 1.60. The predicted molar refractivity (Wildman–Crippen MR) is 85.5 cm³/mol. The van der Waals surface area contributed by atoms with Gasteiger partial charge in [-0.05, 0) is 31.0 Å². The summed E-state index contributed by atoms with van der Waals surface area (Å²) in [5, 5.41) is 0. The molecule has 0 N–H and O–H groups in total. The highest BCUT2D eigenvalue weighted by atomic mass is 32.1. The Bertz CT molecular complexity index is 916. The Morgan fingerprint density at radius 1 is 1.00 bits per heavy atom. The van der Waals surface area contributed by atoms with Crippen molar-refractivity contribution in [1.29, 1.82) is 0 Å². The van der Waals surface area contributed by atoms with Crippen molar-refractivity contribution in [1.82, 2.24) is 9.38 Å². The molecule has 0 saturated heterocycles. The average molecular weight is 278 g/mol. The van der Waals surface area contributed by atoms with Crippen molar-refractivity contribution in [3.8, 4) is 11.3 Å². The average Bonchev–Trinajstić information content (AvgIpc) is 3.01. The van der Waals surface area contributed by atoms with Crippen molar-refractivity contribution >= 4 is 26.5 Å². The lowest BCUT2D eigenvalue weighted by Gasteiger charge is -2.01. The van der Waals surface area contributed by atoms with Crippen LogP contribution in [0.1, 0.15) is 11.1 Å². The van der Waals surface area contributed by atoms with Gasteiger partial charge in [0.1, 0.15) is 0 Å². The van der Waals surface area contributed by atoms with E-state index in [-0.39, 0.29) is 0 Å². The second-order valence-corrected chi connectivity index (χ2v) is 6.11. The molecule has 0 saturated carbocycles. The molecule has 4 aromatic rings.